The molecule has 1 saturated heterocycles. The fraction of sp³-hybridized carbons (Fsp3) is 0.857. The maximum Gasteiger partial charge on any atom is 0.208 e. The Morgan fingerprint density at radius 2 is 2.08 bits per heavy atom. The van der Waals surface area contributed by atoms with Gasteiger partial charge < -0.3 is 10.2 Å². The van der Waals surface area contributed by atoms with Gasteiger partial charge in [0.1, 0.15) is 0 Å². The molecule has 1 heterocycles. The van der Waals surface area contributed by atoms with Gasteiger partial charge in [0.2, 0.25) is 5.96 Å². The van der Waals surface area contributed by atoms with Crippen molar-refractivity contribution in [3.63, 3.8) is 0 Å². The summed E-state index contributed by atoms with van der Waals surface area (Å²) in [6, 6.07) is 0. The normalized spacial score (nSPS) is 17.7. The summed E-state index contributed by atoms with van der Waals surface area (Å²) in [7, 11) is 3.67. The fourth-order valence-electron chi connectivity index (χ4n) is 1.19. The first-order valence-corrected chi connectivity index (χ1v) is 4.21. The second-order valence-corrected chi connectivity index (χ2v) is 2.84. The summed E-state index contributed by atoms with van der Waals surface area (Å²) in [5.41, 5.74) is 2.91. The van der Waals surface area contributed by atoms with Crippen LogP contribution in [0.1, 0.15) is 0 Å². The monoisotopic (exact) mass is 171 g/mol. The molecule has 0 atom stereocenters. The number of piperazine rings is 1. The predicted molar refractivity (Wildman–Crippen MR) is 49.0 cm³/mol. The van der Waals surface area contributed by atoms with Gasteiger partial charge in [0.15, 0.2) is 0 Å². The second-order valence-electron chi connectivity index (χ2n) is 2.84. The average molecular weight is 171 g/mol. The van der Waals surface area contributed by atoms with Gasteiger partial charge in [-0.2, -0.15) is 0 Å². The van der Waals surface area contributed by atoms with E-state index >= 15 is 0 Å². The van der Waals surface area contributed by atoms with Gasteiger partial charge in [-0.15, -0.1) is 0 Å². The van der Waals surface area contributed by atoms with E-state index in [4.69, 9.17) is 5.41 Å². The summed E-state index contributed by atoms with van der Waals surface area (Å²) >= 11 is 0. The number of rotatable bonds is 1. The van der Waals surface area contributed by atoms with Crippen molar-refractivity contribution >= 4 is 5.96 Å². The molecule has 1 rings (SSSR count). The van der Waals surface area contributed by atoms with Crippen LogP contribution in [0.25, 0.3) is 0 Å². The molecule has 0 bridgehead atoms. The van der Waals surface area contributed by atoms with Crippen LogP contribution in [0.15, 0.2) is 0 Å². The summed E-state index contributed by atoms with van der Waals surface area (Å²) in [4.78, 5) is 2.05. The summed E-state index contributed by atoms with van der Waals surface area (Å²) in [5, 5.41) is 12.7. The van der Waals surface area contributed by atoms with Gasteiger partial charge in [-0.1, -0.05) is 0 Å². The van der Waals surface area contributed by atoms with Crippen LogP contribution in [0, 0.1) is 5.41 Å². The molecule has 0 radical (unpaired) electrons. The zero-order chi connectivity index (χ0) is 8.97. The molecule has 0 aromatic carbocycles. The highest BCUT2D eigenvalue weighted by Crippen LogP contribution is 1.94. The highest BCUT2D eigenvalue weighted by molar-refractivity contribution is 5.76. The van der Waals surface area contributed by atoms with Crippen LogP contribution in [-0.4, -0.2) is 56.1 Å². The molecule has 1 fully saturated rings. The molecule has 1 aliphatic heterocycles. The summed E-state index contributed by atoms with van der Waals surface area (Å²) in [5.74, 6) is 0.541. The Morgan fingerprint density at radius 1 is 1.50 bits per heavy atom. The van der Waals surface area contributed by atoms with Crippen molar-refractivity contribution in [2.24, 2.45) is 0 Å². The van der Waals surface area contributed by atoms with Crippen LogP contribution >= 0.6 is 0 Å². The van der Waals surface area contributed by atoms with Crippen molar-refractivity contribution in [1.82, 2.24) is 20.7 Å². The average Bonchev–Trinajstić information content (AvgIpc) is 2.17. The van der Waals surface area contributed by atoms with E-state index < -0.39 is 0 Å². The molecule has 0 saturated carbocycles. The fourth-order valence-corrected chi connectivity index (χ4v) is 1.19. The Kier molecular flexibility index (Phi) is 3.31. The van der Waals surface area contributed by atoms with Gasteiger partial charge in [0.05, 0.1) is 0 Å². The van der Waals surface area contributed by atoms with Gasteiger partial charge in [0, 0.05) is 40.3 Å². The SMILES string of the molecule is CNN(C)C(=N)N1CCNCC1. The van der Waals surface area contributed by atoms with Crippen LogP contribution in [0.3, 0.4) is 0 Å². The topological polar surface area (TPSA) is 54.4 Å². The summed E-state index contributed by atoms with van der Waals surface area (Å²) in [6.45, 7) is 3.79. The van der Waals surface area contributed by atoms with E-state index in [-0.39, 0.29) is 0 Å². The first-order chi connectivity index (χ1) is 5.75. The van der Waals surface area contributed by atoms with Gasteiger partial charge in [-0.25, -0.2) is 5.43 Å². The minimum absolute atomic E-state index is 0.541. The van der Waals surface area contributed by atoms with Crippen LogP contribution in [0.5, 0.6) is 0 Å². The third kappa shape index (κ3) is 2.09. The van der Waals surface area contributed by atoms with Crippen molar-refractivity contribution in [1.29, 1.82) is 5.41 Å². The van der Waals surface area contributed by atoms with Crippen LogP contribution < -0.4 is 10.7 Å². The molecule has 70 valence electrons. The lowest BCUT2D eigenvalue weighted by Crippen LogP contribution is -2.53. The van der Waals surface area contributed by atoms with Crippen LogP contribution in [0.2, 0.25) is 0 Å². The highest BCUT2D eigenvalue weighted by Gasteiger charge is 2.14. The number of hydrazine groups is 1. The second kappa shape index (κ2) is 4.27. The largest absolute Gasteiger partial charge is 0.339 e. The predicted octanol–water partition coefficient (Wildman–Crippen LogP) is -1.11. The van der Waals surface area contributed by atoms with Crippen molar-refractivity contribution < 1.29 is 0 Å². The van der Waals surface area contributed by atoms with E-state index in [9.17, 15) is 0 Å². The zero-order valence-electron chi connectivity index (χ0n) is 7.72. The molecule has 0 unspecified atom stereocenters. The Hall–Kier alpha value is -0.810. The molecular formula is C7H17N5. The van der Waals surface area contributed by atoms with E-state index in [1.54, 1.807) is 5.01 Å². The molecule has 1 aliphatic rings. The molecule has 0 aliphatic carbocycles. The van der Waals surface area contributed by atoms with Gasteiger partial charge in [-0.3, -0.25) is 10.4 Å². The van der Waals surface area contributed by atoms with Crippen LogP contribution in [0.4, 0.5) is 0 Å². The Morgan fingerprint density at radius 3 is 2.58 bits per heavy atom. The minimum Gasteiger partial charge on any atom is -0.339 e. The third-order valence-electron chi connectivity index (χ3n) is 2.07. The molecule has 5 heteroatoms. The zero-order valence-corrected chi connectivity index (χ0v) is 7.72. The third-order valence-corrected chi connectivity index (χ3v) is 2.07. The standard InChI is InChI=1S/C7H17N5/c1-9-11(2)7(8)12-5-3-10-4-6-12/h8-10H,3-6H2,1-2H3. The number of guanidine groups is 1. The van der Waals surface area contributed by atoms with Crippen molar-refractivity contribution in [3.8, 4) is 0 Å². The molecule has 0 aromatic rings. The summed E-state index contributed by atoms with van der Waals surface area (Å²) in [6.07, 6.45) is 0. The van der Waals surface area contributed by atoms with E-state index in [2.05, 4.69) is 10.7 Å². The van der Waals surface area contributed by atoms with E-state index in [1.807, 2.05) is 19.0 Å². The minimum atomic E-state index is 0.541. The number of nitrogens with one attached hydrogen (secondary N) is 3. The molecule has 0 aromatic heterocycles. The van der Waals surface area contributed by atoms with Crippen molar-refractivity contribution in [2.45, 2.75) is 0 Å². The smallest absolute Gasteiger partial charge is 0.208 e. The lowest BCUT2D eigenvalue weighted by molar-refractivity contribution is 0.280. The van der Waals surface area contributed by atoms with Crippen LogP contribution in [-0.2, 0) is 0 Å². The number of hydrogen-bond donors (Lipinski definition) is 3. The lowest BCUT2D eigenvalue weighted by Gasteiger charge is -2.33. The molecule has 0 spiro atoms. The number of hydrogen-bond acceptors (Lipinski definition) is 3. The Bertz CT molecular complexity index is 152. The van der Waals surface area contributed by atoms with E-state index in [0.29, 0.717) is 5.96 Å². The maximum atomic E-state index is 7.75. The molecule has 5 nitrogen and oxygen atoms in total. The maximum absolute atomic E-state index is 7.75. The van der Waals surface area contributed by atoms with Gasteiger partial charge in [-0.05, 0) is 0 Å². The quantitative estimate of drug-likeness (QED) is 0.266. The number of nitrogens with zero attached hydrogens (tertiary/aromatic N) is 2. The van der Waals surface area contributed by atoms with Gasteiger partial charge >= 0.3 is 0 Å². The Balaban J connectivity index is 2.39. The van der Waals surface area contributed by atoms with E-state index in [1.165, 1.54) is 0 Å². The molecular weight excluding hydrogens is 154 g/mol. The molecule has 12 heavy (non-hydrogen) atoms. The van der Waals surface area contributed by atoms with Crippen molar-refractivity contribution in [3.05, 3.63) is 0 Å². The summed E-state index contributed by atoms with van der Waals surface area (Å²) < 4.78 is 0. The van der Waals surface area contributed by atoms with Gasteiger partial charge in [0.25, 0.3) is 0 Å². The Labute approximate surface area is 73.2 Å². The van der Waals surface area contributed by atoms with E-state index in [0.717, 1.165) is 26.2 Å². The first-order valence-electron chi connectivity index (χ1n) is 4.21. The molecule has 0 amide bonds. The van der Waals surface area contributed by atoms with Crippen molar-refractivity contribution in [2.75, 3.05) is 40.3 Å². The first kappa shape index (κ1) is 9.28. The highest BCUT2D eigenvalue weighted by atomic mass is 15.6. The molecule has 3 N–H and O–H groups in total. The lowest BCUT2D eigenvalue weighted by atomic mass is 10.4.